The van der Waals surface area contributed by atoms with Crippen molar-refractivity contribution >= 4 is 22.8 Å². The van der Waals surface area contributed by atoms with Gasteiger partial charge in [0, 0.05) is 36.9 Å². The van der Waals surface area contributed by atoms with E-state index in [2.05, 4.69) is 52.5 Å². The van der Waals surface area contributed by atoms with Crippen LogP contribution in [0.15, 0.2) is 37.1 Å². The topological polar surface area (TPSA) is 141 Å². The second-order valence-electron chi connectivity index (χ2n) is 9.10. The van der Waals surface area contributed by atoms with Crippen LogP contribution in [0.3, 0.4) is 0 Å². The van der Waals surface area contributed by atoms with Crippen molar-refractivity contribution in [1.82, 2.24) is 49.6 Å². The first-order valence-corrected chi connectivity index (χ1v) is 12.3. The van der Waals surface area contributed by atoms with Gasteiger partial charge in [-0.1, -0.05) is 5.92 Å². The van der Waals surface area contributed by atoms with Crippen molar-refractivity contribution in [3.63, 3.8) is 0 Å². The lowest BCUT2D eigenvalue weighted by Crippen LogP contribution is -2.35. The fourth-order valence-electron chi connectivity index (χ4n) is 3.90. The molecule has 12 heteroatoms. The molecule has 0 aliphatic rings. The van der Waals surface area contributed by atoms with Gasteiger partial charge in [-0.25, -0.2) is 29.9 Å². The lowest BCUT2D eigenvalue weighted by atomic mass is 10.1. The molecule has 2 N–H and O–H groups in total. The molecule has 0 radical (unpaired) electrons. The number of anilines is 1. The maximum Gasteiger partial charge on any atom is 0.242 e. The maximum atomic E-state index is 12.6. The Balaban J connectivity index is 1.57. The summed E-state index contributed by atoms with van der Waals surface area (Å²) in [5.41, 5.74) is 4.87. The minimum Gasteiger partial charge on any atom is -0.309 e. The number of likely N-dealkylation sites (N-methyl/N-ethyl adjacent to an activating group) is 1. The molecule has 0 saturated heterocycles. The van der Waals surface area contributed by atoms with E-state index >= 15 is 0 Å². The summed E-state index contributed by atoms with van der Waals surface area (Å²) in [6.45, 7) is 7.45. The smallest absolute Gasteiger partial charge is 0.242 e. The number of fused-ring (bicyclic) bond motifs is 1. The fourth-order valence-corrected chi connectivity index (χ4v) is 3.90. The largest absolute Gasteiger partial charge is 0.309 e. The minimum absolute atomic E-state index is 0.221. The van der Waals surface area contributed by atoms with Gasteiger partial charge in [-0.3, -0.25) is 14.0 Å². The van der Waals surface area contributed by atoms with Crippen LogP contribution in [0, 0.1) is 32.6 Å². The highest BCUT2D eigenvalue weighted by Crippen LogP contribution is 2.30. The van der Waals surface area contributed by atoms with Gasteiger partial charge in [-0.15, -0.1) is 0 Å². The number of rotatable bonds is 5. The number of amides is 1. The zero-order valence-electron chi connectivity index (χ0n) is 22.5. The van der Waals surface area contributed by atoms with Gasteiger partial charge in [0.2, 0.25) is 11.9 Å². The number of carbonyl (C=O) groups is 1. The van der Waals surface area contributed by atoms with Crippen LogP contribution in [0.25, 0.3) is 28.2 Å². The Labute approximate surface area is 225 Å². The molecule has 0 aromatic carbocycles. The van der Waals surface area contributed by atoms with E-state index in [4.69, 9.17) is 4.98 Å². The van der Waals surface area contributed by atoms with Gasteiger partial charge < -0.3 is 10.6 Å². The van der Waals surface area contributed by atoms with E-state index in [0.717, 1.165) is 22.3 Å². The summed E-state index contributed by atoms with van der Waals surface area (Å²) in [6, 6.07) is 3.21. The van der Waals surface area contributed by atoms with Crippen molar-refractivity contribution in [3.05, 3.63) is 65.5 Å². The van der Waals surface area contributed by atoms with Crippen LogP contribution in [0.2, 0.25) is 0 Å². The molecule has 5 rings (SSSR count). The van der Waals surface area contributed by atoms with Crippen LogP contribution >= 0.6 is 0 Å². The highest BCUT2D eigenvalue weighted by molar-refractivity contribution is 5.96. The van der Waals surface area contributed by atoms with E-state index in [1.165, 1.54) is 0 Å². The molecule has 0 aliphatic carbocycles. The second-order valence-corrected chi connectivity index (χ2v) is 9.10. The lowest BCUT2D eigenvalue weighted by Gasteiger charge is -2.12. The number of hydrogen-bond acceptors (Lipinski definition) is 9. The first-order valence-electron chi connectivity index (χ1n) is 12.3. The van der Waals surface area contributed by atoms with Crippen molar-refractivity contribution in [3.8, 4) is 29.0 Å². The summed E-state index contributed by atoms with van der Waals surface area (Å²) in [7, 11) is 3.59. The minimum atomic E-state index is -0.409. The predicted molar refractivity (Wildman–Crippen MR) is 146 cm³/mol. The Morgan fingerprint density at radius 3 is 2.49 bits per heavy atom. The molecule has 5 aromatic rings. The van der Waals surface area contributed by atoms with Gasteiger partial charge >= 0.3 is 0 Å². The van der Waals surface area contributed by atoms with Crippen molar-refractivity contribution in [2.24, 2.45) is 7.05 Å². The number of imidazole rings is 1. The number of aromatic nitrogens is 9. The zero-order chi connectivity index (χ0) is 27.7. The Morgan fingerprint density at radius 2 is 1.79 bits per heavy atom. The van der Waals surface area contributed by atoms with E-state index in [1.54, 1.807) is 48.0 Å². The third kappa shape index (κ3) is 5.34. The Hall–Kier alpha value is -5.02. The van der Waals surface area contributed by atoms with Gasteiger partial charge in [-0.2, -0.15) is 5.10 Å². The molecule has 0 aliphatic heterocycles. The third-order valence-electron chi connectivity index (χ3n) is 6.19. The summed E-state index contributed by atoms with van der Waals surface area (Å²) in [4.78, 5) is 39.4. The van der Waals surface area contributed by atoms with Gasteiger partial charge in [0.15, 0.2) is 5.65 Å². The van der Waals surface area contributed by atoms with E-state index in [9.17, 15) is 4.79 Å². The van der Waals surface area contributed by atoms with E-state index in [0.29, 0.717) is 40.2 Å². The average molecular weight is 522 g/mol. The molecule has 1 amide bonds. The van der Waals surface area contributed by atoms with Gasteiger partial charge in [0.05, 0.1) is 28.4 Å². The normalized spacial score (nSPS) is 11.7. The molecule has 196 valence electrons. The van der Waals surface area contributed by atoms with E-state index < -0.39 is 6.04 Å². The number of aryl methyl sites for hydroxylation is 4. The summed E-state index contributed by atoms with van der Waals surface area (Å²) in [6.07, 6.45) is 6.78. The number of nitrogens with zero attached hydrogens (tertiary/aromatic N) is 9. The summed E-state index contributed by atoms with van der Waals surface area (Å²) >= 11 is 0. The Bertz CT molecular complexity index is 1760. The number of hydrogen-bond donors (Lipinski definition) is 2. The number of pyridine rings is 1. The third-order valence-corrected chi connectivity index (χ3v) is 6.19. The first kappa shape index (κ1) is 25.6. The van der Waals surface area contributed by atoms with Crippen LogP contribution in [0.5, 0.6) is 0 Å². The molecule has 1 atom stereocenters. The summed E-state index contributed by atoms with van der Waals surface area (Å²) < 4.78 is 3.51. The average Bonchev–Trinajstić information content (AvgIpc) is 3.48. The first-order chi connectivity index (χ1) is 18.7. The van der Waals surface area contributed by atoms with Crippen LogP contribution in [-0.2, 0) is 11.8 Å². The summed E-state index contributed by atoms with van der Waals surface area (Å²) in [5.74, 6) is 7.37. The Morgan fingerprint density at radius 1 is 1.03 bits per heavy atom. The lowest BCUT2D eigenvalue weighted by molar-refractivity contribution is -0.117. The molecule has 0 saturated carbocycles. The van der Waals surface area contributed by atoms with Gasteiger partial charge in [0.25, 0.3) is 0 Å². The van der Waals surface area contributed by atoms with E-state index in [1.807, 2.05) is 40.1 Å². The van der Waals surface area contributed by atoms with Gasteiger partial charge in [-0.05, 0) is 52.8 Å². The molecule has 0 fully saturated rings. The van der Waals surface area contributed by atoms with Crippen molar-refractivity contribution in [2.45, 2.75) is 33.7 Å². The van der Waals surface area contributed by atoms with Gasteiger partial charge in [0.1, 0.15) is 23.7 Å². The quantitative estimate of drug-likeness (QED) is 0.333. The second kappa shape index (κ2) is 10.4. The molecule has 5 heterocycles. The van der Waals surface area contributed by atoms with Crippen LogP contribution < -0.4 is 10.6 Å². The van der Waals surface area contributed by atoms with E-state index in [-0.39, 0.29) is 5.91 Å². The van der Waals surface area contributed by atoms with Crippen LogP contribution in [0.1, 0.15) is 35.4 Å². The molecular formula is C27H27N11O. The fraction of sp³-hybridized carbons (Fsp3) is 0.259. The van der Waals surface area contributed by atoms with Crippen molar-refractivity contribution in [1.29, 1.82) is 0 Å². The molecule has 0 spiro atoms. The number of carbonyl (C=O) groups excluding carboxylic acids is 1. The molecule has 5 aromatic heterocycles. The molecule has 39 heavy (non-hydrogen) atoms. The SMILES string of the molecule is CN[C@H](C)C(=O)Nc1cc(-c2nc(C)nc3nn(C)c(C)c23)cc(C#Cc2cnc(-n3cnc(C)c3)nc2)n1. The molecular weight excluding hydrogens is 494 g/mol. The Kier molecular flexibility index (Phi) is 6.83. The van der Waals surface area contributed by atoms with Crippen LogP contribution in [0.4, 0.5) is 5.82 Å². The monoisotopic (exact) mass is 521 g/mol. The van der Waals surface area contributed by atoms with Crippen molar-refractivity contribution in [2.75, 3.05) is 12.4 Å². The highest BCUT2D eigenvalue weighted by Gasteiger charge is 2.18. The predicted octanol–water partition coefficient (Wildman–Crippen LogP) is 2.27. The van der Waals surface area contributed by atoms with Crippen molar-refractivity contribution < 1.29 is 4.79 Å². The van der Waals surface area contributed by atoms with Crippen LogP contribution in [-0.4, -0.2) is 63.2 Å². The highest BCUT2D eigenvalue weighted by atomic mass is 16.2. The standard InChI is InChI=1S/C27H27N11O/c1-15-13-38(14-31-15)27-29-11-19(12-30-27)7-8-21-9-20(10-22(34-21)35-26(39)16(2)28-5)24-23-17(3)37(6)36-25(23)33-18(4)32-24/h9-14,16,28H,1-6H3,(H,34,35,39)/t16-/m1/s1. The maximum absolute atomic E-state index is 12.6. The number of nitrogens with one attached hydrogen (secondary N) is 2. The zero-order valence-corrected chi connectivity index (χ0v) is 22.5. The summed E-state index contributed by atoms with van der Waals surface area (Å²) in [5, 5.41) is 11.2. The molecule has 12 nitrogen and oxygen atoms in total. The molecule has 0 unspecified atom stereocenters. The molecule has 0 bridgehead atoms.